The molecule has 0 fully saturated rings. The molecule has 0 aliphatic rings. The van der Waals surface area contributed by atoms with E-state index in [-0.39, 0.29) is 12.5 Å². The highest BCUT2D eigenvalue weighted by Gasteiger charge is 2.15. The molecule has 0 aliphatic heterocycles. The number of nitrogen functional groups attached to an aromatic ring is 1. The number of carbonyl (C=O) groups excluding carboxylic acids is 1. The highest BCUT2D eigenvalue weighted by Crippen LogP contribution is 2.07. The molecule has 0 unspecified atom stereocenters. The highest BCUT2D eigenvalue weighted by atomic mass is 16.3. The number of aliphatic hydroxyl groups excluding tert-OH is 1. The summed E-state index contributed by atoms with van der Waals surface area (Å²) in [6, 6.07) is 3.19. The zero-order valence-corrected chi connectivity index (χ0v) is 10.1. The Labute approximate surface area is 101 Å². The first kappa shape index (κ1) is 13.4. The van der Waals surface area contributed by atoms with Crippen molar-refractivity contribution < 1.29 is 9.90 Å². The number of amides is 1. The summed E-state index contributed by atoms with van der Waals surface area (Å²) in [4.78, 5) is 17.7. The number of unbranched alkanes of at least 4 members (excludes halogenated alkanes) is 1. The van der Waals surface area contributed by atoms with E-state index in [4.69, 9.17) is 10.8 Å². The molecule has 0 radical (unpaired) electrons. The van der Waals surface area contributed by atoms with Gasteiger partial charge in [-0.05, 0) is 18.6 Å². The second kappa shape index (κ2) is 6.85. The summed E-state index contributed by atoms with van der Waals surface area (Å²) in [5, 5.41) is 8.95. The van der Waals surface area contributed by atoms with Crippen molar-refractivity contribution >= 4 is 11.6 Å². The average molecular weight is 237 g/mol. The van der Waals surface area contributed by atoms with Crippen LogP contribution in [0.25, 0.3) is 0 Å². The minimum absolute atomic E-state index is 0.0439. The first-order chi connectivity index (χ1) is 8.19. The highest BCUT2D eigenvalue weighted by molar-refractivity contribution is 5.93. The zero-order valence-electron chi connectivity index (χ0n) is 10.1. The lowest BCUT2D eigenvalue weighted by atomic mass is 10.2. The van der Waals surface area contributed by atoms with E-state index in [0.717, 1.165) is 12.8 Å². The summed E-state index contributed by atoms with van der Waals surface area (Å²) in [6.07, 6.45) is 3.42. The molecule has 0 spiro atoms. The van der Waals surface area contributed by atoms with Crippen molar-refractivity contribution in [2.24, 2.45) is 0 Å². The normalized spacial score (nSPS) is 10.2. The van der Waals surface area contributed by atoms with Crippen LogP contribution in [0.1, 0.15) is 30.3 Å². The second-order valence-corrected chi connectivity index (χ2v) is 3.84. The Hall–Kier alpha value is -1.62. The van der Waals surface area contributed by atoms with Crippen molar-refractivity contribution in [1.29, 1.82) is 0 Å². The van der Waals surface area contributed by atoms with Crippen LogP contribution < -0.4 is 5.73 Å². The summed E-state index contributed by atoms with van der Waals surface area (Å²) < 4.78 is 0. The van der Waals surface area contributed by atoms with Gasteiger partial charge in [0.05, 0.1) is 6.61 Å². The molecule has 1 amide bonds. The SMILES string of the molecule is CCCCN(CCO)C(=O)c1cc(N)ccn1. The van der Waals surface area contributed by atoms with E-state index in [1.165, 1.54) is 6.20 Å². The fourth-order valence-corrected chi connectivity index (χ4v) is 1.51. The summed E-state index contributed by atoms with van der Waals surface area (Å²) in [6.45, 7) is 2.97. The number of nitrogens with two attached hydrogens (primary N) is 1. The van der Waals surface area contributed by atoms with Crippen LogP contribution in [-0.2, 0) is 0 Å². The quantitative estimate of drug-likeness (QED) is 0.770. The lowest BCUT2D eigenvalue weighted by Crippen LogP contribution is -2.35. The smallest absolute Gasteiger partial charge is 0.272 e. The minimum Gasteiger partial charge on any atom is -0.399 e. The third kappa shape index (κ3) is 4.03. The van der Waals surface area contributed by atoms with Gasteiger partial charge < -0.3 is 15.7 Å². The Bertz CT molecular complexity index is 369. The molecular formula is C12H19N3O2. The summed E-state index contributed by atoms with van der Waals surface area (Å²) in [7, 11) is 0. The lowest BCUT2D eigenvalue weighted by Gasteiger charge is -2.21. The maximum atomic E-state index is 12.1. The van der Waals surface area contributed by atoms with Gasteiger partial charge in [0, 0.05) is 25.0 Å². The van der Waals surface area contributed by atoms with Gasteiger partial charge in [-0.25, -0.2) is 0 Å². The third-order valence-electron chi connectivity index (χ3n) is 2.44. The number of rotatable bonds is 6. The predicted octanol–water partition coefficient (Wildman–Crippen LogP) is 0.898. The second-order valence-electron chi connectivity index (χ2n) is 3.84. The molecule has 5 nitrogen and oxygen atoms in total. The van der Waals surface area contributed by atoms with Crippen LogP contribution in [0.2, 0.25) is 0 Å². The molecule has 94 valence electrons. The monoisotopic (exact) mass is 237 g/mol. The molecule has 1 heterocycles. The van der Waals surface area contributed by atoms with E-state index in [1.807, 2.05) is 0 Å². The van der Waals surface area contributed by atoms with E-state index in [9.17, 15) is 4.79 Å². The summed E-state index contributed by atoms with van der Waals surface area (Å²) >= 11 is 0. The molecular weight excluding hydrogens is 218 g/mol. The number of nitrogens with zero attached hydrogens (tertiary/aromatic N) is 2. The minimum atomic E-state index is -0.181. The topological polar surface area (TPSA) is 79.5 Å². The molecule has 0 saturated carbocycles. The molecule has 0 saturated heterocycles. The fourth-order valence-electron chi connectivity index (χ4n) is 1.51. The molecule has 3 N–H and O–H groups in total. The van der Waals surface area contributed by atoms with Crippen molar-refractivity contribution in [2.45, 2.75) is 19.8 Å². The number of hydrogen-bond donors (Lipinski definition) is 2. The molecule has 17 heavy (non-hydrogen) atoms. The van der Waals surface area contributed by atoms with Gasteiger partial charge in [-0.2, -0.15) is 0 Å². The molecule has 0 bridgehead atoms. The van der Waals surface area contributed by atoms with Crippen LogP contribution in [0.3, 0.4) is 0 Å². The van der Waals surface area contributed by atoms with Gasteiger partial charge >= 0.3 is 0 Å². The van der Waals surface area contributed by atoms with Crippen molar-refractivity contribution in [3.63, 3.8) is 0 Å². The van der Waals surface area contributed by atoms with Crippen LogP contribution in [0.15, 0.2) is 18.3 Å². The molecule has 5 heteroatoms. The molecule has 0 aliphatic carbocycles. The summed E-state index contributed by atoms with van der Waals surface area (Å²) in [5.41, 5.74) is 6.46. The molecule has 0 atom stereocenters. The Morgan fingerprint density at radius 3 is 2.88 bits per heavy atom. The third-order valence-corrected chi connectivity index (χ3v) is 2.44. The van der Waals surface area contributed by atoms with Gasteiger partial charge in [-0.3, -0.25) is 9.78 Å². The number of hydrogen-bond acceptors (Lipinski definition) is 4. The Balaban J connectivity index is 2.76. The first-order valence-corrected chi connectivity index (χ1v) is 5.80. The summed E-state index contributed by atoms with van der Waals surface area (Å²) in [5.74, 6) is -0.181. The van der Waals surface area contributed by atoms with Gasteiger partial charge in [-0.1, -0.05) is 13.3 Å². The molecule has 0 aromatic carbocycles. The largest absolute Gasteiger partial charge is 0.399 e. The van der Waals surface area contributed by atoms with Gasteiger partial charge in [0.1, 0.15) is 5.69 Å². The van der Waals surface area contributed by atoms with E-state index < -0.39 is 0 Å². The first-order valence-electron chi connectivity index (χ1n) is 5.80. The van der Waals surface area contributed by atoms with Crippen LogP contribution >= 0.6 is 0 Å². The van der Waals surface area contributed by atoms with Crippen LogP contribution in [0.5, 0.6) is 0 Å². The molecule has 1 aromatic heterocycles. The van der Waals surface area contributed by atoms with Crippen molar-refractivity contribution in [2.75, 3.05) is 25.4 Å². The van der Waals surface area contributed by atoms with E-state index in [1.54, 1.807) is 17.0 Å². The Morgan fingerprint density at radius 1 is 1.53 bits per heavy atom. The number of pyridine rings is 1. The maximum absolute atomic E-state index is 12.1. The van der Waals surface area contributed by atoms with Gasteiger partial charge in [0.2, 0.25) is 0 Å². The number of carbonyl (C=O) groups is 1. The fraction of sp³-hybridized carbons (Fsp3) is 0.500. The van der Waals surface area contributed by atoms with Gasteiger partial charge in [-0.15, -0.1) is 0 Å². The standard InChI is InChI=1S/C12H19N3O2/c1-2-3-6-15(7-8-16)12(17)11-9-10(13)4-5-14-11/h4-5,9,16H,2-3,6-8H2,1H3,(H2,13,14). The van der Waals surface area contributed by atoms with E-state index in [0.29, 0.717) is 24.5 Å². The van der Waals surface area contributed by atoms with Crippen molar-refractivity contribution in [3.8, 4) is 0 Å². The van der Waals surface area contributed by atoms with Crippen molar-refractivity contribution in [1.82, 2.24) is 9.88 Å². The number of aliphatic hydroxyl groups is 1. The number of aromatic nitrogens is 1. The van der Waals surface area contributed by atoms with Crippen LogP contribution in [-0.4, -0.2) is 40.6 Å². The van der Waals surface area contributed by atoms with Crippen LogP contribution in [0.4, 0.5) is 5.69 Å². The zero-order chi connectivity index (χ0) is 12.7. The lowest BCUT2D eigenvalue weighted by molar-refractivity contribution is 0.0713. The number of anilines is 1. The maximum Gasteiger partial charge on any atom is 0.272 e. The van der Waals surface area contributed by atoms with E-state index >= 15 is 0 Å². The molecule has 1 rings (SSSR count). The average Bonchev–Trinajstić information content (AvgIpc) is 2.33. The van der Waals surface area contributed by atoms with Gasteiger partial charge in [0.15, 0.2) is 0 Å². The Kier molecular flexibility index (Phi) is 5.42. The predicted molar refractivity (Wildman–Crippen MR) is 66.5 cm³/mol. The Morgan fingerprint density at radius 2 is 2.29 bits per heavy atom. The van der Waals surface area contributed by atoms with Crippen molar-refractivity contribution in [3.05, 3.63) is 24.0 Å². The van der Waals surface area contributed by atoms with Gasteiger partial charge in [0.25, 0.3) is 5.91 Å². The van der Waals surface area contributed by atoms with Crippen LogP contribution in [0, 0.1) is 0 Å². The van der Waals surface area contributed by atoms with E-state index in [2.05, 4.69) is 11.9 Å². The molecule has 1 aromatic rings.